The summed E-state index contributed by atoms with van der Waals surface area (Å²) in [6, 6.07) is 1.45. The summed E-state index contributed by atoms with van der Waals surface area (Å²) in [4.78, 5) is 5.50. The van der Waals surface area contributed by atoms with E-state index in [0.717, 1.165) is 35.8 Å². The van der Waals surface area contributed by atoms with E-state index in [9.17, 15) is 0 Å². The van der Waals surface area contributed by atoms with Crippen LogP contribution in [0.1, 0.15) is 67.2 Å². The first-order valence-corrected chi connectivity index (χ1v) is 9.84. The minimum Gasteiger partial charge on any atom is -0.300 e. The monoisotopic (exact) mass is 308 g/mol. The molecule has 22 heavy (non-hydrogen) atoms. The zero-order chi connectivity index (χ0) is 16.3. The minimum absolute atomic E-state index is 0.727. The Morgan fingerprint density at radius 1 is 0.864 bits per heavy atom. The van der Waals surface area contributed by atoms with Gasteiger partial charge in [-0.25, -0.2) is 0 Å². The molecule has 130 valence electrons. The Morgan fingerprint density at radius 3 is 1.86 bits per heavy atom. The van der Waals surface area contributed by atoms with Crippen LogP contribution in [0.15, 0.2) is 0 Å². The molecule has 2 fully saturated rings. The molecule has 2 heteroatoms. The molecule has 2 rings (SSSR count). The Labute approximate surface area is 139 Å². The lowest BCUT2D eigenvalue weighted by molar-refractivity contribution is 0.0157. The normalized spacial score (nSPS) is 35.5. The van der Waals surface area contributed by atoms with Gasteiger partial charge in [-0.05, 0) is 63.2 Å². The molecule has 0 N–H and O–H groups in total. The van der Waals surface area contributed by atoms with E-state index >= 15 is 0 Å². The van der Waals surface area contributed by atoms with Crippen LogP contribution in [0, 0.1) is 23.7 Å². The summed E-state index contributed by atoms with van der Waals surface area (Å²) in [5.41, 5.74) is 0. The number of rotatable bonds is 5. The average molecular weight is 309 g/mol. The van der Waals surface area contributed by atoms with Crippen LogP contribution in [0.3, 0.4) is 0 Å². The van der Waals surface area contributed by atoms with Crippen LogP contribution in [-0.2, 0) is 0 Å². The highest BCUT2D eigenvalue weighted by atomic mass is 15.3. The topological polar surface area (TPSA) is 6.48 Å². The predicted molar refractivity (Wildman–Crippen MR) is 97.2 cm³/mol. The average Bonchev–Trinajstić information content (AvgIpc) is 2.42. The molecule has 1 saturated carbocycles. The largest absolute Gasteiger partial charge is 0.300 e. The van der Waals surface area contributed by atoms with Crippen LogP contribution in [-0.4, -0.2) is 48.1 Å². The van der Waals surface area contributed by atoms with Crippen LogP contribution >= 0.6 is 0 Å². The molecule has 0 aromatic heterocycles. The number of hydrogen-bond acceptors (Lipinski definition) is 2. The molecule has 1 aliphatic heterocycles. The highest BCUT2D eigenvalue weighted by Gasteiger charge is 2.32. The van der Waals surface area contributed by atoms with Gasteiger partial charge in [-0.2, -0.15) is 0 Å². The summed E-state index contributed by atoms with van der Waals surface area (Å²) in [7, 11) is 0. The zero-order valence-electron chi connectivity index (χ0n) is 16.0. The second-order valence-corrected chi connectivity index (χ2v) is 9.03. The molecule has 2 nitrogen and oxygen atoms in total. The van der Waals surface area contributed by atoms with E-state index in [2.05, 4.69) is 51.3 Å². The lowest BCUT2D eigenvalue weighted by Gasteiger charge is -2.47. The third-order valence-corrected chi connectivity index (χ3v) is 6.10. The van der Waals surface area contributed by atoms with Crippen molar-refractivity contribution in [1.82, 2.24) is 9.80 Å². The molecule has 2 aliphatic rings. The Balaban J connectivity index is 1.81. The molecule has 0 radical (unpaired) electrons. The van der Waals surface area contributed by atoms with Crippen molar-refractivity contribution in [3.63, 3.8) is 0 Å². The fourth-order valence-corrected chi connectivity index (χ4v) is 4.83. The molecule has 1 heterocycles. The summed E-state index contributed by atoms with van der Waals surface area (Å²) < 4.78 is 0. The lowest BCUT2D eigenvalue weighted by atomic mass is 9.76. The van der Waals surface area contributed by atoms with Crippen molar-refractivity contribution in [2.24, 2.45) is 23.7 Å². The number of piperazine rings is 1. The van der Waals surface area contributed by atoms with Gasteiger partial charge in [0.1, 0.15) is 0 Å². The number of nitrogens with zero attached hydrogens (tertiary/aromatic N) is 2. The summed E-state index contributed by atoms with van der Waals surface area (Å²) in [5.74, 6) is 3.63. The minimum atomic E-state index is 0.727. The second kappa shape index (κ2) is 8.15. The van der Waals surface area contributed by atoms with Crippen LogP contribution in [0.4, 0.5) is 0 Å². The third kappa shape index (κ3) is 4.96. The van der Waals surface area contributed by atoms with Gasteiger partial charge in [0.2, 0.25) is 0 Å². The molecule has 0 amide bonds. The van der Waals surface area contributed by atoms with E-state index in [0.29, 0.717) is 0 Å². The van der Waals surface area contributed by atoms with Gasteiger partial charge < -0.3 is 0 Å². The summed E-state index contributed by atoms with van der Waals surface area (Å²) in [6.07, 6.45) is 5.87. The van der Waals surface area contributed by atoms with Gasteiger partial charge in [0.25, 0.3) is 0 Å². The van der Waals surface area contributed by atoms with E-state index in [-0.39, 0.29) is 0 Å². The van der Waals surface area contributed by atoms with Crippen molar-refractivity contribution in [1.29, 1.82) is 0 Å². The maximum Gasteiger partial charge on any atom is 0.0198 e. The molecule has 0 spiro atoms. The molecular weight excluding hydrogens is 268 g/mol. The highest BCUT2D eigenvalue weighted by Crippen LogP contribution is 2.34. The van der Waals surface area contributed by atoms with Gasteiger partial charge in [-0.1, -0.05) is 27.7 Å². The molecular formula is C20H40N2. The summed E-state index contributed by atoms with van der Waals surface area (Å²) in [6.45, 7) is 19.5. The van der Waals surface area contributed by atoms with Gasteiger partial charge >= 0.3 is 0 Å². The van der Waals surface area contributed by atoms with Gasteiger partial charge in [-0.3, -0.25) is 9.80 Å². The molecule has 0 aromatic carbocycles. The van der Waals surface area contributed by atoms with Gasteiger partial charge in [0.05, 0.1) is 0 Å². The predicted octanol–water partition coefficient (Wildman–Crippen LogP) is 4.50. The molecule has 0 bridgehead atoms. The Bertz CT molecular complexity index is 306. The summed E-state index contributed by atoms with van der Waals surface area (Å²) in [5, 5.41) is 0. The maximum atomic E-state index is 2.82. The maximum absolute atomic E-state index is 2.82. The van der Waals surface area contributed by atoms with Crippen molar-refractivity contribution in [2.75, 3.05) is 26.2 Å². The van der Waals surface area contributed by atoms with Crippen LogP contribution in [0.5, 0.6) is 0 Å². The van der Waals surface area contributed by atoms with Gasteiger partial charge in [-0.15, -0.1) is 0 Å². The molecule has 1 saturated heterocycles. The van der Waals surface area contributed by atoms with E-state index in [1.54, 1.807) is 0 Å². The SMILES string of the molecule is CC(C)CN1CC(C)N(CC2CCC(C(C)C)CC2)C(C)C1. The van der Waals surface area contributed by atoms with Crippen LogP contribution in [0.25, 0.3) is 0 Å². The first kappa shape index (κ1) is 18.3. The first-order valence-electron chi connectivity index (χ1n) is 9.84. The Hall–Kier alpha value is -0.0800. The highest BCUT2D eigenvalue weighted by molar-refractivity contribution is 4.87. The van der Waals surface area contributed by atoms with E-state index in [1.807, 2.05) is 0 Å². The van der Waals surface area contributed by atoms with Crippen LogP contribution < -0.4 is 0 Å². The summed E-state index contributed by atoms with van der Waals surface area (Å²) >= 11 is 0. The fourth-order valence-electron chi connectivity index (χ4n) is 4.83. The molecule has 2 unspecified atom stereocenters. The van der Waals surface area contributed by atoms with Crippen molar-refractivity contribution >= 4 is 0 Å². The van der Waals surface area contributed by atoms with Crippen LogP contribution in [0.2, 0.25) is 0 Å². The molecule has 1 aliphatic carbocycles. The van der Waals surface area contributed by atoms with Crippen molar-refractivity contribution in [2.45, 2.75) is 79.3 Å². The first-order chi connectivity index (χ1) is 10.4. The van der Waals surface area contributed by atoms with E-state index in [1.165, 1.54) is 51.9 Å². The van der Waals surface area contributed by atoms with Crippen molar-refractivity contribution < 1.29 is 0 Å². The van der Waals surface area contributed by atoms with Crippen molar-refractivity contribution in [3.05, 3.63) is 0 Å². The van der Waals surface area contributed by atoms with Gasteiger partial charge in [0, 0.05) is 38.3 Å². The molecule has 0 aromatic rings. The standard InChI is InChI=1S/C20H40N2/c1-15(2)11-21-12-17(5)22(18(6)13-21)14-19-7-9-20(10-8-19)16(3)4/h15-20H,7-14H2,1-6H3. The van der Waals surface area contributed by atoms with Gasteiger partial charge in [0.15, 0.2) is 0 Å². The zero-order valence-corrected chi connectivity index (χ0v) is 16.0. The smallest absolute Gasteiger partial charge is 0.0198 e. The van der Waals surface area contributed by atoms with Crippen molar-refractivity contribution in [3.8, 4) is 0 Å². The lowest BCUT2D eigenvalue weighted by Crippen LogP contribution is -2.58. The quantitative estimate of drug-likeness (QED) is 0.738. The molecule has 2 atom stereocenters. The van der Waals surface area contributed by atoms with E-state index < -0.39 is 0 Å². The number of hydrogen-bond donors (Lipinski definition) is 0. The fraction of sp³-hybridized carbons (Fsp3) is 1.00. The second-order valence-electron chi connectivity index (χ2n) is 9.03. The third-order valence-electron chi connectivity index (χ3n) is 6.10. The Kier molecular flexibility index (Phi) is 6.76. The Morgan fingerprint density at radius 2 is 1.41 bits per heavy atom. The van der Waals surface area contributed by atoms with E-state index in [4.69, 9.17) is 0 Å².